The number of fused-ring (bicyclic) bond motifs is 1. The van der Waals surface area contributed by atoms with Crippen LogP contribution in [0.3, 0.4) is 0 Å². The van der Waals surface area contributed by atoms with Crippen molar-refractivity contribution >= 4 is 23.0 Å². The van der Waals surface area contributed by atoms with Gasteiger partial charge in [-0.05, 0) is 56.2 Å². The zero-order valence-corrected chi connectivity index (χ0v) is 19.1. The van der Waals surface area contributed by atoms with E-state index in [0.717, 1.165) is 26.3 Å². The van der Waals surface area contributed by atoms with Crippen LogP contribution >= 0.6 is 0 Å². The third-order valence-electron chi connectivity index (χ3n) is 5.54. The van der Waals surface area contributed by atoms with Gasteiger partial charge in [0.15, 0.2) is 28.8 Å². The Bertz CT molecular complexity index is 1560. The standard InChI is InChI=1S/C24H21F2N5O4/c1-4-35-17(32)11-30-20-19(21(27)33)28-22(15-6-5-7-16(25)18(15)26)29-23(20)31(24(30)34)14-9-8-12(2)13(3)10-14/h5-10H,4,11H2,1-3H3,(H2,27,33). The molecule has 0 spiro atoms. The summed E-state index contributed by atoms with van der Waals surface area (Å²) < 4.78 is 35.6. The topological polar surface area (TPSA) is 122 Å². The molecule has 2 aromatic carbocycles. The highest BCUT2D eigenvalue weighted by Gasteiger charge is 2.26. The van der Waals surface area contributed by atoms with E-state index in [2.05, 4.69) is 9.97 Å². The summed E-state index contributed by atoms with van der Waals surface area (Å²) in [6.45, 7) is 4.88. The lowest BCUT2D eigenvalue weighted by atomic mass is 10.1. The molecule has 2 N–H and O–H groups in total. The molecule has 0 aliphatic carbocycles. The van der Waals surface area contributed by atoms with Crippen LogP contribution in [0, 0.1) is 25.5 Å². The molecule has 11 heteroatoms. The van der Waals surface area contributed by atoms with Gasteiger partial charge in [0.05, 0.1) is 17.9 Å². The number of benzene rings is 2. The summed E-state index contributed by atoms with van der Waals surface area (Å²) in [6, 6.07) is 8.58. The van der Waals surface area contributed by atoms with Crippen LogP contribution in [-0.2, 0) is 16.1 Å². The number of hydrogen-bond donors (Lipinski definition) is 1. The number of hydrogen-bond acceptors (Lipinski definition) is 6. The number of primary amides is 1. The van der Waals surface area contributed by atoms with E-state index in [9.17, 15) is 23.2 Å². The van der Waals surface area contributed by atoms with Crippen molar-refractivity contribution in [1.82, 2.24) is 19.1 Å². The Balaban J connectivity index is 2.13. The van der Waals surface area contributed by atoms with E-state index in [0.29, 0.717) is 5.69 Å². The normalized spacial score (nSPS) is 11.1. The van der Waals surface area contributed by atoms with Crippen LogP contribution in [0.5, 0.6) is 0 Å². The number of carbonyl (C=O) groups is 2. The van der Waals surface area contributed by atoms with Gasteiger partial charge in [0.2, 0.25) is 0 Å². The van der Waals surface area contributed by atoms with Crippen LogP contribution in [0.25, 0.3) is 28.2 Å². The molecule has 35 heavy (non-hydrogen) atoms. The van der Waals surface area contributed by atoms with Crippen LogP contribution in [0.1, 0.15) is 28.5 Å². The van der Waals surface area contributed by atoms with Crippen LogP contribution in [0.15, 0.2) is 41.2 Å². The number of nitrogens with two attached hydrogens (primary N) is 1. The molecule has 0 atom stereocenters. The number of nitrogens with zero attached hydrogens (tertiary/aromatic N) is 4. The van der Waals surface area contributed by atoms with Gasteiger partial charge in [-0.1, -0.05) is 12.1 Å². The molecule has 2 aromatic heterocycles. The second-order valence-corrected chi connectivity index (χ2v) is 7.81. The molecule has 0 saturated heterocycles. The molecule has 0 bridgehead atoms. The molecule has 4 rings (SSSR count). The van der Waals surface area contributed by atoms with Crippen LogP contribution < -0.4 is 11.4 Å². The number of esters is 1. The molecule has 0 saturated carbocycles. The Morgan fingerprint density at radius 2 is 1.83 bits per heavy atom. The average Bonchev–Trinajstić information content (AvgIpc) is 3.08. The number of halogens is 2. The molecule has 9 nitrogen and oxygen atoms in total. The lowest BCUT2D eigenvalue weighted by molar-refractivity contribution is -0.143. The molecule has 2 heterocycles. The van der Waals surface area contributed by atoms with Gasteiger partial charge in [0.1, 0.15) is 12.1 Å². The minimum absolute atomic E-state index is 0.0750. The van der Waals surface area contributed by atoms with Crippen LogP contribution in [0.2, 0.25) is 0 Å². The van der Waals surface area contributed by atoms with Crippen molar-refractivity contribution in [1.29, 1.82) is 0 Å². The summed E-state index contributed by atoms with van der Waals surface area (Å²) >= 11 is 0. The van der Waals surface area contributed by atoms with Crippen molar-refractivity contribution in [2.24, 2.45) is 5.73 Å². The molecule has 1 amide bonds. The quantitative estimate of drug-likeness (QED) is 0.423. The molecular weight excluding hydrogens is 460 g/mol. The highest BCUT2D eigenvalue weighted by Crippen LogP contribution is 2.26. The maximum Gasteiger partial charge on any atom is 0.335 e. The van der Waals surface area contributed by atoms with Crippen molar-refractivity contribution in [3.8, 4) is 17.1 Å². The average molecular weight is 481 g/mol. The van der Waals surface area contributed by atoms with Crippen molar-refractivity contribution in [2.45, 2.75) is 27.3 Å². The predicted molar refractivity (Wildman–Crippen MR) is 123 cm³/mol. The first kappa shape index (κ1) is 23.7. The van der Waals surface area contributed by atoms with Crippen LogP contribution in [-0.4, -0.2) is 37.6 Å². The van der Waals surface area contributed by atoms with E-state index in [1.165, 1.54) is 12.1 Å². The summed E-state index contributed by atoms with van der Waals surface area (Å²) in [5.74, 6) is -4.50. The zero-order chi connectivity index (χ0) is 25.4. The maximum atomic E-state index is 14.6. The van der Waals surface area contributed by atoms with Gasteiger partial charge < -0.3 is 10.5 Å². The Morgan fingerprint density at radius 1 is 1.09 bits per heavy atom. The minimum atomic E-state index is -1.23. The van der Waals surface area contributed by atoms with Crippen molar-refractivity contribution in [2.75, 3.05) is 6.61 Å². The monoisotopic (exact) mass is 481 g/mol. The number of ether oxygens (including phenoxy) is 1. The summed E-state index contributed by atoms with van der Waals surface area (Å²) in [7, 11) is 0. The molecule has 0 radical (unpaired) electrons. The van der Waals surface area contributed by atoms with Gasteiger partial charge in [-0.15, -0.1) is 0 Å². The second kappa shape index (κ2) is 9.09. The SMILES string of the molecule is CCOC(=O)Cn1c(=O)n(-c2ccc(C)c(C)c2)c2nc(-c3cccc(F)c3F)nc(C(N)=O)c21. The molecule has 0 unspecified atom stereocenters. The highest BCUT2D eigenvalue weighted by atomic mass is 19.2. The maximum absolute atomic E-state index is 14.6. The molecule has 0 aliphatic rings. The van der Waals surface area contributed by atoms with Gasteiger partial charge in [0, 0.05) is 0 Å². The first-order valence-electron chi connectivity index (χ1n) is 10.6. The van der Waals surface area contributed by atoms with E-state index >= 15 is 0 Å². The molecule has 4 aromatic rings. The number of aryl methyl sites for hydroxylation is 2. The van der Waals surface area contributed by atoms with E-state index in [-0.39, 0.29) is 29.2 Å². The third-order valence-corrected chi connectivity index (χ3v) is 5.54. The van der Waals surface area contributed by atoms with Crippen molar-refractivity contribution in [3.63, 3.8) is 0 Å². The molecular formula is C24H21F2N5O4. The van der Waals surface area contributed by atoms with Crippen molar-refractivity contribution < 1.29 is 23.1 Å². The van der Waals surface area contributed by atoms with E-state index in [4.69, 9.17) is 10.5 Å². The van der Waals surface area contributed by atoms with E-state index in [1.807, 2.05) is 13.8 Å². The lowest BCUT2D eigenvalue weighted by Crippen LogP contribution is -2.28. The van der Waals surface area contributed by atoms with Gasteiger partial charge in [-0.2, -0.15) is 0 Å². The second-order valence-electron chi connectivity index (χ2n) is 7.81. The predicted octanol–water partition coefficient (Wildman–Crippen LogP) is 2.81. The smallest absolute Gasteiger partial charge is 0.335 e. The summed E-state index contributed by atoms with van der Waals surface area (Å²) in [6.07, 6.45) is 0. The molecule has 0 aliphatic heterocycles. The van der Waals surface area contributed by atoms with Gasteiger partial charge >= 0.3 is 11.7 Å². The first-order chi connectivity index (χ1) is 16.6. The Labute approximate surface area is 197 Å². The fraction of sp³-hybridized carbons (Fsp3) is 0.208. The zero-order valence-electron chi connectivity index (χ0n) is 19.1. The summed E-state index contributed by atoms with van der Waals surface area (Å²) in [5.41, 5.74) is 6.05. The molecule has 0 fully saturated rings. The van der Waals surface area contributed by atoms with Crippen molar-refractivity contribution in [3.05, 3.63) is 75.3 Å². The first-order valence-corrected chi connectivity index (χ1v) is 10.6. The Morgan fingerprint density at radius 3 is 2.49 bits per heavy atom. The number of imidazole rings is 1. The molecule has 180 valence electrons. The summed E-state index contributed by atoms with van der Waals surface area (Å²) in [4.78, 5) is 46.6. The van der Waals surface area contributed by atoms with Gasteiger partial charge in [0.25, 0.3) is 5.91 Å². The Kier molecular flexibility index (Phi) is 6.16. The number of carbonyl (C=O) groups excluding carboxylic acids is 2. The van der Waals surface area contributed by atoms with E-state index in [1.54, 1.807) is 25.1 Å². The van der Waals surface area contributed by atoms with Crippen LogP contribution in [0.4, 0.5) is 8.78 Å². The third kappa shape index (κ3) is 4.16. The minimum Gasteiger partial charge on any atom is -0.465 e. The fourth-order valence-electron chi connectivity index (χ4n) is 3.70. The largest absolute Gasteiger partial charge is 0.465 e. The Hall–Kier alpha value is -4.41. The number of rotatable bonds is 6. The fourth-order valence-corrected chi connectivity index (χ4v) is 3.70. The number of aromatic nitrogens is 4. The lowest BCUT2D eigenvalue weighted by Gasteiger charge is -2.09. The number of amides is 1. The van der Waals surface area contributed by atoms with E-state index < -0.39 is 41.4 Å². The van der Waals surface area contributed by atoms with Gasteiger partial charge in [-0.3, -0.25) is 14.2 Å². The summed E-state index contributed by atoms with van der Waals surface area (Å²) in [5, 5.41) is 0. The highest BCUT2D eigenvalue weighted by molar-refractivity contribution is 6.02. The van der Waals surface area contributed by atoms with Gasteiger partial charge in [-0.25, -0.2) is 28.1 Å².